The molecule has 2 heterocycles. The largest absolute Gasteiger partial charge is 0.480 e. The first-order valence-corrected chi connectivity index (χ1v) is 7.06. The fourth-order valence-electron chi connectivity index (χ4n) is 2.70. The van der Waals surface area contributed by atoms with Gasteiger partial charge < -0.3 is 19.7 Å². The Labute approximate surface area is 118 Å². The summed E-state index contributed by atoms with van der Waals surface area (Å²) in [7, 11) is 1.81. The Balaban J connectivity index is 1.57. The van der Waals surface area contributed by atoms with Crippen LogP contribution in [-0.2, 0) is 16.0 Å². The lowest BCUT2D eigenvalue weighted by Gasteiger charge is -2.29. The minimum Gasteiger partial charge on any atom is -0.480 e. The number of hydrogen-bond donors (Lipinski definition) is 1. The molecule has 1 saturated heterocycles. The van der Waals surface area contributed by atoms with Gasteiger partial charge in [-0.1, -0.05) is 18.2 Å². The maximum atomic E-state index is 12.4. The number of hydrogen-bond acceptors (Lipinski definition) is 4. The van der Waals surface area contributed by atoms with Crippen LogP contribution in [0.5, 0.6) is 5.75 Å². The molecule has 1 N–H and O–H groups in total. The second-order valence-electron chi connectivity index (χ2n) is 5.33. The molecular formula is C15H20N2O3. The molecule has 20 heavy (non-hydrogen) atoms. The molecule has 0 radical (unpaired) electrons. The van der Waals surface area contributed by atoms with Crippen molar-refractivity contribution in [2.75, 3.05) is 33.3 Å². The van der Waals surface area contributed by atoms with E-state index in [-0.39, 0.29) is 12.0 Å². The smallest absolute Gasteiger partial charge is 0.263 e. The molecule has 0 aromatic heterocycles. The summed E-state index contributed by atoms with van der Waals surface area (Å²) in [5.41, 5.74) is 1.11. The lowest BCUT2D eigenvalue weighted by molar-refractivity contribution is -0.138. The van der Waals surface area contributed by atoms with E-state index in [4.69, 9.17) is 9.47 Å². The average Bonchev–Trinajstić information content (AvgIpc) is 2.91. The third-order valence-corrected chi connectivity index (χ3v) is 3.78. The normalized spacial score (nSPS) is 24.9. The molecule has 1 aromatic rings. The van der Waals surface area contributed by atoms with Crippen molar-refractivity contribution in [3.8, 4) is 5.75 Å². The number of rotatable bonds is 3. The van der Waals surface area contributed by atoms with E-state index in [0.29, 0.717) is 19.6 Å². The van der Waals surface area contributed by atoms with Crippen LogP contribution in [0.2, 0.25) is 0 Å². The van der Waals surface area contributed by atoms with E-state index in [2.05, 4.69) is 5.32 Å². The van der Waals surface area contributed by atoms with Gasteiger partial charge in [0.1, 0.15) is 5.75 Å². The van der Waals surface area contributed by atoms with Crippen LogP contribution >= 0.6 is 0 Å². The summed E-state index contributed by atoms with van der Waals surface area (Å²) in [6.07, 6.45) is 0.332. The van der Waals surface area contributed by atoms with Crippen LogP contribution in [0.4, 0.5) is 0 Å². The summed E-state index contributed by atoms with van der Waals surface area (Å²) in [5, 5.41) is 3.27. The predicted molar refractivity (Wildman–Crippen MR) is 74.8 cm³/mol. The molecule has 2 aliphatic rings. The number of para-hydroxylation sites is 1. The lowest BCUT2D eigenvalue weighted by Crippen LogP contribution is -2.48. The zero-order chi connectivity index (χ0) is 13.9. The highest BCUT2D eigenvalue weighted by molar-refractivity contribution is 5.82. The maximum Gasteiger partial charge on any atom is 0.263 e. The van der Waals surface area contributed by atoms with Crippen molar-refractivity contribution in [2.45, 2.75) is 18.6 Å². The van der Waals surface area contributed by atoms with Gasteiger partial charge in [0.25, 0.3) is 5.91 Å². The molecule has 0 saturated carbocycles. The number of fused-ring (bicyclic) bond motifs is 1. The Kier molecular flexibility index (Phi) is 3.89. The molecule has 1 aromatic carbocycles. The van der Waals surface area contributed by atoms with Gasteiger partial charge in [-0.15, -0.1) is 0 Å². The summed E-state index contributed by atoms with van der Waals surface area (Å²) in [6.45, 7) is 2.98. The Hall–Kier alpha value is -1.59. The SMILES string of the molecule is CN(CC1CNCCO1)C(=O)C1Cc2ccccc2O1. The Morgan fingerprint density at radius 2 is 2.30 bits per heavy atom. The van der Waals surface area contributed by atoms with Crippen LogP contribution in [0.3, 0.4) is 0 Å². The molecule has 2 unspecified atom stereocenters. The molecule has 5 nitrogen and oxygen atoms in total. The van der Waals surface area contributed by atoms with Crippen LogP contribution in [0.25, 0.3) is 0 Å². The third-order valence-electron chi connectivity index (χ3n) is 3.78. The maximum absolute atomic E-state index is 12.4. The van der Waals surface area contributed by atoms with Crippen molar-refractivity contribution in [3.05, 3.63) is 29.8 Å². The van der Waals surface area contributed by atoms with Crippen LogP contribution < -0.4 is 10.1 Å². The number of morpholine rings is 1. The van der Waals surface area contributed by atoms with Gasteiger partial charge in [-0.2, -0.15) is 0 Å². The quantitative estimate of drug-likeness (QED) is 0.870. The summed E-state index contributed by atoms with van der Waals surface area (Å²) < 4.78 is 11.4. The number of ether oxygens (including phenoxy) is 2. The molecule has 108 valence electrons. The molecule has 3 rings (SSSR count). The number of benzene rings is 1. The second-order valence-corrected chi connectivity index (χ2v) is 5.33. The highest BCUT2D eigenvalue weighted by Gasteiger charge is 2.31. The van der Waals surface area contributed by atoms with Crippen LogP contribution in [0.15, 0.2) is 24.3 Å². The first kappa shape index (κ1) is 13.4. The van der Waals surface area contributed by atoms with Crippen molar-refractivity contribution < 1.29 is 14.3 Å². The van der Waals surface area contributed by atoms with Gasteiger partial charge in [0.2, 0.25) is 0 Å². The Morgan fingerprint density at radius 3 is 3.05 bits per heavy atom. The minimum atomic E-state index is -0.394. The summed E-state index contributed by atoms with van der Waals surface area (Å²) in [4.78, 5) is 14.1. The highest BCUT2D eigenvalue weighted by atomic mass is 16.5. The van der Waals surface area contributed by atoms with E-state index in [1.807, 2.05) is 31.3 Å². The van der Waals surface area contributed by atoms with E-state index in [0.717, 1.165) is 24.4 Å². The van der Waals surface area contributed by atoms with Crippen LogP contribution in [-0.4, -0.2) is 56.3 Å². The molecular weight excluding hydrogens is 256 g/mol. The van der Waals surface area contributed by atoms with Crippen molar-refractivity contribution in [1.82, 2.24) is 10.2 Å². The van der Waals surface area contributed by atoms with Crippen molar-refractivity contribution >= 4 is 5.91 Å². The molecule has 2 aliphatic heterocycles. The zero-order valence-corrected chi connectivity index (χ0v) is 11.7. The summed E-state index contributed by atoms with van der Waals surface area (Å²) in [5.74, 6) is 0.852. The monoisotopic (exact) mass is 276 g/mol. The van der Waals surface area contributed by atoms with Gasteiger partial charge in [-0.3, -0.25) is 4.79 Å². The molecule has 1 fully saturated rings. The molecule has 0 aliphatic carbocycles. The standard InChI is InChI=1S/C15H20N2O3/c1-17(10-12-9-16-6-7-19-12)15(18)14-8-11-4-2-3-5-13(11)20-14/h2-5,12,14,16H,6-10H2,1H3. The van der Waals surface area contributed by atoms with Gasteiger partial charge in [-0.05, 0) is 11.6 Å². The fourth-order valence-corrected chi connectivity index (χ4v) is 2.70. The zero-order valence-electron chi connectivity index (χ0n) is 11.7. The molecule has 2 atom stereocenters. The van der Waals surface area contributed by atoms with Gasteiger partial charge in [-0.25, -0.2) is 0 Å². The third kappa shape index (κ3) is 2.78. The van der Waals surface area contributed by atoms with Crippen molar-refractivity contribution in [3.63, 3.8) is 0 Å². The topological polar surface area (TPSA) is 50.8 Å². The first-order chi connectivity index (χ1) is 9.74. The number of nitrogens with zero attached hydrogens (tertiary/aromatic N) is 1. The number of carbonyl (C=O) groups is 1. The Bertz CT molecular complexity index is 461. The Morgan fingerprint density at radius 1 is 1.45 bits per heavy atom. The predicted octanol–water partition coefficient (Wildman–Crippen LogP) is 0.437. The van der Waals surface area contributed by atoms with E-state index in [1.54, 1.807) is 4.90 Å². The fraction of sp³-hybridized carbons (Fsp3) is 0.533. The van der Waals surface area contributed by atoms with Crippen LogP contribution in [0, 0.1) is 0 Å². The summed E-state index contributed by atoms with van der Waals surface area (Å²) >= 11 is 0. The minimum absolute atomic E-state index is 0.0235. The molecule has 5 heteroatoms. The second kappa shape index (κ2) is 5.81. The van der Waals surface area contributed by atoms with E-state index >= 15 is 0 Å². The van der Waals surface area contributed by atoms with Gasteiger partial charge in [0.05, 0.1) is 12.7 Å². The van der Waals surface area contributed by atoms with Crippen molar-refractivity contribution in [2.24, 2.45) is 0 Å². The number of nitrogens with one attached hydrogen (secondary N) is 1. The highest BCUT2D eigenvalue weighted by Crippen LogP contribution is 2.28. The summed E-state index contributed by atoms with van der Waals surface area (Å²) in [6, 6.07) is 7.82. The van der Waals surface area contributed by atoms with E-state index in [9.17, 15) is 4.79 Å². The average molecular weight is 276 g/mol. The van der Waals surface area contributed by atoms with Crippen molar-refractivity contribution in [1.29, 1.82) is 0 Å². The first-order valence-electron chi connectivity index (χ1n) is 7.06. The molecule has 0 bridgehead atoms. The number of carbonyl (C=O) groups excluding carboxylic acids is 1. The molecule has 0 spiro atoms. The number of amides is 1. The van der Waals surface area contributed by atoms with E-state index < -0.39 is 6.10 Å². The van der Waals surface area contributed by atoms with Gasteiger partial charge in [0, 0.05) is 33.1 Å². The molecule has 1 amide bonds. The lowest BCUT2D eigenvalue weighted by atomic mass is 10.1. The number of likely N-dealkylation sites (N-methyl/N-ethyl adjacent to an activating group) is 1. The van der Waals surface area contributed by atoms with Gasteiger partial charge in [0.15, 0.2) is 6.10 Å². The van der Waals surface area contributed by atoms with E-state index in [1.165, 1.54) is 0 Å². The van der Waals surface area contributed by atoms with Gasteiger partial charge >= 0.3 is 0 Å². The van der Waals surface area contributed by atoms with Crippen LogP contribution in [0.1, 0.15) is 5.56 Å².